The quantitative estimate of drug-likeness (QED) is 0.657. The molecule has 5 heteroatoms. The van der Waals surface area contributed by atoms with Gasteiger partial charge >= 0.3 is 5.97 Å². The highest BCUT2D eigenvalue weighted by molar-refractivity contribution is 5.89. The normalized spacial score (nSPS) is 18.1. The maximum absolute atomic E-state index is 12.1. The number of ether oxygens (including phenoxy) is 1. The minimum Gasteiger partial charge on any atom is -0.480 e. The summed E-state index contributed by atoms with van der Waals surface area (Å²) in [5, 5.41) is 11.7. The van der Waals surface area contributed by atoms with E-state index < -0.39 is 12.0 Å². The fourth-order valence-corrected chi connectivity index (χ4v) is 2.02. The number of methoxy groups -OCH3 is 1. The third-order valence-corrected chi connectivity index (χ3v) is 3.57. The fourth-order valence-electron chi connectivity index (χ4n) is 2.02. The Balaban J connectivity index is 2.48. The van der Waals surface area contributed by atoms with E-state index in [1.807, 2.05) is 6.92 Å². The molecule has 1 aliphatic rings. The van der Waals surface area contributed by atoms with Crippen LogP contribution in [0.25, 0.3) is 0 Å². The highest BCUT2D eigenvalue weighted by atomic mass is 16.5. The average molecular weight is 257 g/mol. The number of carboxylic acid groups (broad SMARTS) is 1. The Hall–Kier alpha value is -1.10. The molecule has 0 bridgehead atoms. The summed E-state index contributed by atoms with van der Waals surface area (Å²) in [6.45, 7) is 2.54. The van der Waals surface area contributed by atoms with Crippen LogP contribution in [0.4, 0.5) is 0 Å². The molecule has 1 rings (SSSR count). The van der Waals surface area contributed by atoms with Crippen molar-refractivity contribution in [2.24, 2.45) is 5.41 Å². The van der Waals surface area contributed by atoms with Crippen molar-refractivity contribution in [3.8, 4) is 0 Å². The van der Waals surface area contributed by atoms with Gasteiger partial charge in [0, 0.05) is 13.7 Å². The molecule has 5 nitrogen and oxygen atoms in total. The molecule has 0 aromatic rings. The maximum atomic E-state index is 12.1. The molecular formula is C13H23NO4. The minimum atomic E-state index is -0.945. The van der Waals surface area contributed by atoms with Crippen molar-refractivity contribution >= 4 is 11.9 Å². The highest BCUT2D eigenvalue weighted by Gasteiger charge is 2.49. The summed E-state index contributed by atoms with van der Waals surface area (Å²) in [7, 11) is 1.61. The van der Waals surface area contributed by atoms with Gasteiger partial charge < -0.3 is 15.2 Å². The van der Waals surface area contributed by atoms with E-state index in [9.17, 15) is 9.59 Å². The zero-order valence-electron chi connectivity index (χ0n) is 11.2. The molecule has 104 valence electrons. The largest absolute Gasteiger partial charge is 0.480 e. The van der Waals surface area contributed by atoms with Gasteiger partial charge in [-0.15, -0.1) is 0 Å². The summed E-state index contributed by atoms with van der Waals surface area (Å²) in [6, 6.07) is -0.752. The summed E-state index contributed by atoms with van der Waals surface area (Å²) in [5.74, 6) is -1.07. The van der Waals surface area contributed by atoms with Crippen LogP contribution < -0.4 is 5.32 Å². The predicted molar refractivity (Wildman–Crippen MR) is 67.3 cm³/mol. The Kier molecular flexibility index (Phi) is 5.59. The van der Waals surface area contributed by atoms with Gasteiger partial charge in [0.15, 0.2) is 0 Å². The molecule has 1 amide bonds. The summed E-state index contributed by atoms with van der Waals surface area (Å²) in [6.07, 6.45) is 4.58. The number of rotatable bonds is 9. The van der Waals surface area contributed by atoms with Crippen LogP contribution in [0, 0.1) is 5.41 Å². The molecular weight excluding hydrogens is 234 g/mol. The first-order valence-corrected chi connectivity index (χ1v) is 6.58. The minimum absolute atomic E-state index is 0.122. The van der Waals surface area contributed by atoms with Crippen LogP contribution in [-0.4, -0.2) is 36.7 Å². The van der Waals surface area contributed by atoms with E-state index >= 15 is 0 Å². The predicted octanol–water partition coefficient (Wildman–Crippen LogP) is 1.56. The SMILES string of the molecule is CCCCC(NC(=O)C1(CCOC)CC1)C(=O)O. The molecule has 0 aromatic carbocycles. The van der Waals surface area contributed by atoms with Crippen molar-refractivity contribution in [1.29, 1.82) is 0 Å². The zero-order chi connectivity index (χ0) is 13.6. The maximum Gasteiger partial charge on any atom is 0.326 e. The molecule has 0 aliphatic heterocycles. The molecule has 1 atom stereocenters. The smallest absolute Gasteiger partial charge is 0.326 e. The second-order valence-electron chi connectivity index (χ2n) is 5.03. The summed E-state index contributed by atoms with van der Waals surface area (Å²) in [4.78, 5) is 23.1. The fraction of sp³-hybridized carbons (Fsp3) is 0.846. The molecule has 0 spiro atoms. The lowest BCUT2D eigenvalue weighted by molar-refractivity contribution is -0.143. The number of amides is 1. The van der Waals surface area contributed by atoms with Crippen LogP contribution in [0.5, 0.6) is 0 Å². The van der Waals surface area contributed by atoms with Crippen LogP contribution in [0.1, 0.15) is 45.4 Å². The van der Waals surface area contributed by atoms with E-state index in [4.69, 9.17) is 9.84 Å². The lowest BCUT2D eigenvalue weighted by Crippen LogP contribution is -2.44. The molecule has 1 unspecified atom stereocenters. The zero-order valence-corrected chi connectivity index (χ0v) is 11.2. The van der Waals surface area contributed by atoms with E-state index in [1.54, 1.807) is 7.11 Å². The van der Waals surface area contributed by atoms with Gasteiger partial charge in [0.05, 0.1) is 5.41 Å². The number of unbranched alkanes of at least 4 members (excludes halogenated alkanes) is 1. The molecule has 0 aromatic heterocycles. The molecule has 18 heavy (non-hydrogen) atoms. The van der Waals surface area contributed by atoms with Crippen molar-refractivity contribution in [2.75, 3.05) is 13.7 Å². The number of carbonyl (C=O) groups is 2. The molecule has 0 saturated heterocycles. The van der Waals surface area contributed by atoms with Crippen molar-refractivity contribution in [2.45, 2.75) is 51.5 Å². The summed E-state index contributed by atoms with van der Waals surface area (Å²) >= 11 is 0. The molecule has 0 radical (unpaired) electrons. The van der Waals surface area contributed by atoms with Crippen LogP contribution in [0.2, 0.25) is 0 Å². The first kappa shape index (κ1) is 15.0. The number of carbonyl (C=O) groups excluding carboxylic acids is 1. The van der Waals surface area contributed by atoms with Gasteiger partial charge in [0.1, 0.15) is 6.04 Å². The van der Waals surface area contributed by atoms with Crippen molar-refractivity contribution < 1.29 is 19.4 Å². The number of hydrogen-bond donors (Lipinski definition) is 2. The number of aliphatic carboxylic acids is 1. The first-order valence-electron chi connectivity index (χ1n) is 6.58. The van der Waals surface area contributed by atoms with E-state index in [2.05, 4.69) is 5.32 Å². The molecule has 2 N–H and O–H groups in total. The lowest BCUT2D eigenvalue weighted by atomic mass is 10.0. The van der Waals surface area contributed by atoms with Gasteiger partial charge in [-0.1, -0.05) is 19.8 Å². The average Bonchev–Trinajstić information content (AvgIpc) is 3.12. The van der Waals surface area contributed by atoms with Gasteiger partial charge in [-0.05, 0) is 25.7 Å². The van der Waals surface area contributed by atoms with Crippen molar-refractivity contribution in [3.63, 3.8) is 0 Å². The van der Waals surface area contributed by atoms with Crippen LogP contribution >= 0.6 is 0 Å². The van der Waals surface area contributed by atoms with Gasteiger partial charge in [0.2, 0.25) is 5.91 Å². The summed E-state index contributed by atoms with van der Waals surface area (Å²) < 4.78 is 4.99. The van der Waals surface area contributed by atoms with Gasteiger partial charge in [-0.3, -0.25) is 4.79 Å². The van der Waals surface area contributed by atoms with Gasteiger partial charge in [-0.25, -0.2) is 4.79 Å². The third-order valence-electron chi connectivity index (χ3n) is 3.57. The van der Waals surface area contributed by atoms with Crippen LogP contribution in [-0.2, 0) is 14.3 Å². The van der Waals surface area contributed by atoms with Crippen molar-refractivity contribution in [3.05, 3.63) is 0 Å². The topological polar surface area (TPSA) is 75.6 Å². The Bertz CT molecular complexity index is 299. The van der Waals surface area contributed by atoms with Crippen LogP contribution in [0.3, 0.4) is 0 Å². The van der Waals surface area contributed by atoms with E-state index in [-0.39, 0.29) is 11.3 Å². The molecule has 0 heterocycles. The van der Waals surface area contributed by atoms with Crippen molar-refractivity contribution in [1.82, 2.24) is 5.32 Å². The number of hydrogen-bond acceptors (Lipinski definition) is 3. The van der Waals surface area contributed by atoms with Crippen LogP contribution in [0.15, 0.2) is 0 Å². The van der Waals surface area contributed by atoms with E-state index in [0.29, 0.717) is 19.4 Å². The second kappa shape index (κ2) is 6.73. The Labute approximate surface area is 108 Å². The second-order valence-corrected chi connectivity index (χ2v) is 5.03. The summed E-state index contributed by atoms with van der Waals surface area (Å²) in [5.41, 5.74) is -0.365. The Morgan fingerprint density at radius 2 is 2.11 bits per heavy atom. The number of nitrogens with one attached hydrogen (secondary N) is 1. The van der Waals surface area contributed by atoms with Gasteiger partial charge in [-0.2, -0.15) is 0 Å². The first-order chi connectivity index (χ1) is 8.55. The number of carboxylic acids is 1. The van der Waals surface area contributed by atoms with E-state index in [1.165, 1.54) is 0 Å². The molecule has 1 saturated carbocycles. The Morgan fingerprint density at radius 3 is 2.56 bits per heavy atom. The standard InChI is InChI=1S/C13H23NO4/c1-3-4-5-10(11(15)16)14-12(17)13(6-7-13)8-9-18-2/h10H,3-9H2,1-2H3,(H,14,17)(H,15,16). The molecule has 1 fully saturated rings. The highest BCUT2D eigenvalue weighted by Crippen LogP contribution is 2.49. The molecule has 1 aliphatic carbocycles. The monoisotopic (exact) mass is 257 g/mol. The third kappa shape index (κ3) is 3.98. The Morgan fingerprint density at radius 1 is 1.44 bits per heavy atom. The van der Waals surface area contributed by atoms with E-state index in [0.717, 1.165) is 25.7 Å². The lowest BCUT2D eigenvalue weighted by Gasteiger charge is -2.19. The van der Waals surface area contributed by atoms with Gasteiger partial charge in [0.25, 0.3) is 0 Å².